The lowest BCUT2D eigenvalue weighted by atomic mass is 9.87. The number of hydrogen-bond donors (Lipinski definition) is 2. The van der Waals surface area contributed by atoms with Crippen molar-refractivity contribution in [1.29, 1.82) is 0 Å². The molecule has 2 N–H and O–H groups in total. The number of hydrogen-bond acceptors (Lipinski definition) is 3. The number of amides is 1. The van der Waals surface area contributed by atoms with Crippen LogP contribution in [0.25, 0.3) is 10.9 Å². The first-order valence-corrected chi connectivity index (χ1v) is 11.5. The van der Waals surface area contributed by atoms with E-state index in [2.05, 4.69) is 35.4 Å². The van der Waals surface area contributed by atoms with Crippen LogP contribution in [0.2, 0.25) is 0 Å². The zero-order valence-electron chi connectivity index (χ0n) is 18.9. The zero-order chi connectivity index (χ0) is 22.8. The molecular weight excluding hydrogens is 412 g/mol. The van der Waals surface area contributed by atoms with E-state index in [4.69, 9.17) is 9.47 Å². The molecule has 0 unspecified atom stereocenters. The predicted octanol–water partition coefficient (Wildman–Crippen LogP) is 5.86. The van der Waals surface area contributed by atoms with Gasteiger partial charge in [0.05, 0.1) is 6.04 Å². The number of H-pyrrole nitrogens is 1. The monoisotopic (exact) mass is 440 g/mol. The van der Waals surface area contributed by atoms with E-state index in [0.29, 0.717) is 6.42 Å². The second-order valence-electron chi connectivity index (χ2n) is 8.51. The van der Waals surface area contributed by atoms with E-state index in [-0.39, 0.29) is 24.7 Å². The maximum absolute atomic E-state index is 13.2. The fraction of sp³-hybridized carbons (Fsp3) is 0.250. The van der Waals surface area contributed by atoms with Gasteiger partial charge in [0.15, 0.2) is 11.5 Å². The molecule has 0 spiro atoms. The summed E-state index contributed by atoms with van der Waals surface area (Å²) in [5, 5.41) is 4.33. The Morgan fingerprint density at radius 1 is 1.00 bits per heavy atom. The van der Waals surface area contributed by atoms with Crippen LogP contribution in [0.1, 0.15) is 54.5 Å². The van der Waals surface area contributed by atoms with Crippen LogP contribution in [0, 0.1) is 0 Å². The van der Waals surface area contributed by atoms with Gasteiger partial charge in [-0.15, -0.1) is 0 Å². The maximum Gasteiger partial charge on any atom is 0.231 e. The van der Waals surface area contributed by atoms with E-state index >= 15 is 0 Å². The molecule has 0 bridgehead atoms. The Hall–Kier alpha value is -3.73. The molecule has 0 fully saturated rings. The molecule has 3 aromatic carbocycles. The molecule has 1 aliphatic heterocycles. The molecule has 33 heavy (non-hydrogen) atoms. The van der Waals surface area contributed by atoms with Crippen molar-refractivity contribution < 1.29 is 14.3 Å². The van der Waals surface area contributed by atoms with E-state index in [9.17, 15) is 4.79 Å². The summed E-state index contributed by atoms with van der Waals surface area (Å²) in [6, 6.07) is 22.3. The fourth-order valence-electron chi connectivity index (χ4n) is 4.67. The van der Waals surface area contributed by atoms with Crippen molar-refractivity contribution in [3.8, 4) is 11.5 Å². The molecule has 1 aromatic heterocycles. The molecule has 4 aromatic rings. The van der Waals surface area contributed by atoms with Crippen molar-refractivity contribution >= 4 is 16.8 Å². The number of carbonyl (C=O) groups excluding carboxylic acids is 1. The molecule has 1 amide bonds. The maximum atomic E-state index is 13.2. The van der Waals surface area contributed by atoms with Crippen molar-refractivity contribution in [2.24, 2.45) is 0 Å². The van der Waals surface area contributed by atoms with Crippen molar-refractivity contribution in [2.75, 3.05) is 6.79 Å². The lowest BCUT2D eigenvalue weighted by Crippen LogP contribution is -2.28. The van der Waals surface area contributed by atoms with Gasteiger partial charge in [-0.3, -0.25) is 4.79 Å². The standard InChI is InChI=1S/C28H28N2O3/c1-3-19-10-7-11-22-24(16-29-28(19)22)23(21-12-13-25-26(14-21)33-17-32-25)15-27(31)30-18(2)20-8-5-4-6-9-20/h4-14,16,18,23,29H,3,15,17H2,1-2H3,(H,30,31)/t18-,23-/m0/s1. The molecular formula is C28H28N2O3. The van der Waals surface area contributed by atoms with Crippen LogP contribution >= 0.6 is 0 Å². The van der Waals surface area contributed by atoms with Gasteiger partial charge in [0, 0.05) is 29.4 Å². The summed E-state index contributed by atoms with van der Waals surface area (Å²) >= 11 is 0. The summed E-state index contributed by atoms with van der Waals surface area (Å²) in [5.41, 5.74) is 5.64. The summed E-state index contributed by atoms with van der Waals surface area (Å²) < 4.78 is 11.1. The van der Waals surface area contributed by atoms with E-state index in [1.807, 2.05) is 61.7 Å². The normalized spacial score (nSPS) is 14.2. The summed E-state index contributed by atoms with van der Waals surface area (Å²) in [6.07, 6.45) is 3.33. The minimum Gasteiger partial charge on any atom is -0.454 e. The Labute approximate surface area is 193 Å². The van der Waals surface area contributed by atoms with E-state index in [1.54, 1.807) is 0 Å². The Morgan fingerprint density at radius 2 is 1.82 bits per heavy atom. The number of aromatic nitrogens is 1. The van der Waals surface area contributed by atoms with Crippen LogP contribution in [0.4, 0.5) is 0 Å². The molecule has 5 rings (SSSR count). The number of ether oxygens (including phenoxy) is 2. The molecule has 5 heteroatoms. The van der Waals surface area contributed by atoms with Gasteiger partial charge < -0.3 is 19.8 Å². The first kappa shape index (κ1) is 21.1. The molecule has 1 aliphatic rings. The van der Waals surface area contributed by atoms with Crippen molar-refractivity contribution in [3.63, 3.8) is 0 Å². The van der Waals surface area contributed by atoms with Crippen molar-refractivity contribution in [1.82, 2.24) is 10.3 Å². The SMILES string of the molecule is CCc1cccc2c([C@@H](CC(=O)N[C@@H](C)c3ccccc3)c3ccc4c(c3)OCO4)c[nH]c12. The molecule has 5 nitrogen and oxygen atoms in total. The largest absolute Gasteiger partial charge is 0.454 e. The highest BCUT2D eigenvalue weighted by Crippen LogP contribution is 2.40. The highest BCUT2D eigenvalue weighted by Gasteiger charge is 2.25. The number of aromatic amines is 1. The van der Waals surface area contributed by atoms with Gasteiger partial charge in [0.2, 0.25) is 12.7 Å². The highest BCUT2D eigenvalue weighted by atomic mass is 16.7. The van der Waals surface area contributed by atoms with Gasteiger partial charge in [0.1, 0.15) is 0 Å². The third-order valence-electron chi connectivity index (χ3n) is 6.46. The third-order valence-corrected chi connectivity index (χ3v) is 6.46. The topological polar surface area (TPSA) is 63.4 Å². The smallest absolute Gasteiger partial charge is 0.231 e. The fourth-order valence-corrected chi connectivity index (χ4v) is 4.67. The minimum atomic E-state index is -0.122. The van der Waals surface area contributed by atoms with Crippen LogP contribution in [0.3, 0.4) is 0 Å². The van der Waals surface area contributed by atoms with Crippen LogP contribution in [-0.4, -0.2) is 17.7 Å². The van der Waals surface area contributed by atoms with Crippen LogP contribution in [0.15, 0.2) is 72.9 Å². The van der Waals surface area contributed by atoms with E-state index in [0.717, 1.165) is 45.5 Å². The quantitative estimate of drug-likeness (QED) is 0.378. The van der Waals surface area contributed by atoms with Crippen LogP contribution in [0.5, 0.6) is 11.5 Å². The minimum absolute atomic E-state index is 0.00927. The van der Waals surface area contributed by atoms with Crippen LogP contribution < -0.4 is 14.8 Å². The Bertz CT molecular complexity index is 1280. The molecule has 168 valence electrons. The van der Waals surface area contributed by atoms with E-state index < -0.39 is 0 Å². The average Bonchev–Trinajstić information content (AvgIpc) is 3.49. The average molecular weight is 441 g/mol. The predicted molar refractivity (Wildman–Crippen MR) is 130 cm³/mol. The summed E-state index contributed by atoms with van der Waals surface area (Å²) in [5.74, 6) is 1.36. The molecule has 0 aliphatic carbocycles. The Morgan fingerprint density at radius 3 is 2.64 bits per heavy atom. The highest BCUT2D eigenvalue weighted by molar-refractivity contribution is 5.88. The van der Waals surface area contributed by atoms with Gasteiger partial charge >= 0.3 is 0 Å². The number of carbonyl (C=O) groups is 1. The van der Waals surface area contributed by atoms with Crippen molar-refractivity contribution in [2.45, 2.75) is 38.6 Å². The molecule has 2 heterocycles. The number of benzene rings is 3. The summed E-state index contributed by atoms with van der Waals surface area (Å²) in [4.78, 5) is 16.7. The second-order valence-corrected chi connectivity index (χ2v) is 8.51. The van der Waals surface area contributed by atoms with Gasteiger partial charge in [-0.2, -0.15) is 0 Å². The van der Waals surface area contributed by atoms with Gasteiger partial charge in [-0.05, 0) is 47.7 Å². The Kier molecular flexibility index (Phi) is 5.78. The van der Waals surface area contributed by atoms with Crippen LogP contribution in [-0.2, 0) is 11.2 Å². The first-order valence-electron chi connectivity index (χ1n) is 11.5. The van der Waals surface area contributed by atoms with E-state index in [1.165, 1.54) is 5.56 Å². The third kappa shape index (κ3) is 4.19. The number of nitrogens with one attached hydrogen (secondary N) is 2. The number of rotatable bonds is 7. The Balaban J connectivity index is 1.49. The second kappa shape index (κ2) is 9.02. The molecule has 0 saturated carbocycles. The molecule has 0 saturated heterocycles. The lowest BCUT2D eigenvalue weighted by molar-refractivity contribution is -0.121. The number of aryl methyl sites for hydroxylation is 1. The van der Waals surface area contributed by atoms with Crippen molar-refractivity contribution in [3.05, 3.63) is 95.2 Å². The van der Waals surface area contributed by atoms with Gasteiger partial charge in [-0.25, -0.2) is 0 Å². The zero-order valence-corrected chi connectivity index (χ0v) is 18.9. The lowest BCUT2D eigenvalue weighted by Gasteiger charge is -2.20. The van der Waals surface area contributed by atoms with Gasteiger partial charge in [0.25, 0.3) is 0 Å². The number of fused-ring (bicyclic) bond motifs is 2. The first-order chi connectivity index (χ1) is 16.1. The van der Waals surface area contributed by atoms with Gasteiger partial charge in [-0.1, -0.05) is 61.5 Å². The molecule has 0 radical (unpaired) electrons. The summed E-state index contributed by atoms with van der Waals surface area (Å²) in [7, 11) is 0. The number of para-hydroxylation sites is 1. The summed E-state index contributed by atoms with van der Waals surface area (Å²) in [6.45, 7) is 4.40. The molecule has 2 atom stereocenters.